The minimum atomic E-state index is -0.519. The molecule has 0 rings (SSSR count). The lowest BCUT2D eigenvalue weighted by Gasteiger charge is -1.92. The molecule has 0 spiro atoms. The normalized spacial score (nSPS) is 8.56. The van der Waals surface area contributed by atoms with E-state index >= 15 is 0 Å². The van der Waals surface area contributed by atoms with E-state index in [2.05, 4.69) is 5.32 Å². The molecule has 5 nitrogen and oxygen atoms in total. The lowest BCUT2D eigenvalue weighted by molar-refractivity contribution is -0.478. The van der Waals surface area contributed by atoms with Gasteiger partial charge in [-0.2, -0.15) is 0 Å². The zero-order valence-electron chi connectivity index (χ0n) is 5.09. The number of hydrogen-bond donors (Lipinski definition) is 1. The number of rotatable bonds is 3. The van der Waals surface area contributed by atoms with Crippen LogP contribution in [-0.4, -0.2) is 24.4 Å². The smallest absolute Gasteiger partial charge is 0.226 e. The van der Waals surface area contributed by atoms with Gasteiger partial charge in [-0.3, -0.25) is 14.9 Å². The van der Waals surface area contributed by atoms with Crippen LogP contribution in [-0.2, 0) is 4.79 Å². The van der Waals surface area contributed by atoms with Gasteiger partial charge in [-0.15, -0.1) is 0 Å². The quantitative estimate of drug-likeness (QED) is 0.411. The van der Waals surface area contributed by atoms with Crippen molar-refractivity contribution in [3.05, 3.63) is 10.1 Å². The van der Waals surface area contributed by atoms with Crippen molar-refractivity contribution in [1.29, 1.82) is 0 Å². The van der Waals surface area contributed by atoms with Gasteiger partial charge < -0.3 is 5.32 Å². The molecular formula is C4H8N2O3. The van der Waals surface area contributed by atoms with Gasteiger partial charge in [-0.25, -0.2) is 0 Å². The Balaban J connectivity index is 3.28. The topological polar surface area (TPSA) is 72.2 Å². The maximum atomic E-state index is 10.3. The van der Waals surface area contributed by atoms with Gasteiger partial charge in [0.25, 0.3) is 0 Å². The third-order valence-corrected chi connectivity index (χ3v) is 0.800. The second-order valence-electron chi connectivity index (χ2n) is 1.48. The highest BCUT2D eigenvalue weighted by molar-refractivity contribution is 5.75. The van der Waals surface area contributed by atoms with Crippen LogP contribution in [0.15, 0.2) is 0 Å². The lowest BCUT2D eigenvalue weighted by atomic mass is 10.4. The molecule has 5 heteroatoms. The van der Waals surface area contributed by atoms with E-state index in [4.69, 9.17) is 0 Å². The van der Waals surface area contributed by atoms with E-state index in [-0.39, 0.29) is 18.9 Å². The fourth-order valence-corrected chi connectivity index (χ4v) is 0.318. The minimum absolute atomic E-state index is 0.0382. The fraction of sp³-hybridized carbons (Fsp3) is 0.750. The Morgan fingerprint density at radius 3 is 2.67 bits per heavy atom. The molecule has 1 N–H and O–H groups in total. The number of hydrogen-bond acceptors (Lipinski definition) is 3. The monoisotopic (exact) mass is 132 g/mol. The van der Waals surface area contributed by atoms with E-state index in [1.54, 1.807) is 0 Å². The first-order valence-electron chi connectivity index (χ1n) is 2.49. The summed E-state index contributed by atoms with van der Waals surface area (Å²) in [6.45, 7) is -0.292. The second-order valence-corrected chi connectivity index (χ2v) is 1.48. The average molecular weight is 132 g/mol. The molecule has 0 bridgehead atoms. The molecule has 0 saturated carbocycles. The number of amides is 1. The highest BCUT2D eigenvalue weighted by Gasteiger charge is 2.02. The van der Waals surface area contributed by atoms with Crippen LogP contribution in [0.1, 0.15) is 6.42 Å². The predicted octanol–water partition coefficient (Wildman–Crippen LogP) is -0.601. The average Bonchev–Trinajstić information content (AvgIpc) is 1.83. The number of carbonyl (C=O) groups excluding carboxylic acids is 1. The summed E-state index contributed by atoms with van der Waals surface area (Å²) < 4.78 is 0. The van der Waals surface area contributed by atoms with Gasteiger partial charge in [-0.05, 0) is 0 Å². The van der Waals surface area contributed by atoms with Crippen LogP contribution >= 0.6 is 0 Å². The Bertz CT molecular complexity index is 123. The van der Waals surface area contributed by atoms with Gasteiger partial charge in [0.05, 0.1) is 6.42 Å². The van der Waals surface area contributed by atoms with Crippen LogP contribution < -0.4 is 5.32 Å². The Hall–Kier alpha value is -1.13. The number of nitrogens with zero attached hydrogens (tertiary/aromatic N) is 1. The third kappa shape index (κ3) is 4.73. The number of nitrogens with one attached hydrogen (secondary N) is 1. The van der Waals surface area contributed by atoms with Crippen molar-refractivity contribution in [2.75, 3.05) is 13.6 Å². The van der Waals surface area contributed by atoms with Crippen LogP contribution in [0.3, 0.4) is 0 Å². The van der Waals surface area contributed by atoms with E-state index in [1.807, 2.05) is 0 Å². The van der Waals surface area contributed by atoms with Crippen LogP contribution in [0.2, 0.25) is 0 Å². The first kappa shape index (κ1) is 7.87. The fourth-order valence-electron chi connectivity index (χ4n) is 0.318. The van der Waals surface area contributed by atoms with Crippen LogP contribution in [0.25, 0.3) is 0 Å². The van der Waals surface area contributed by atoms with Crippen LogP contribution in [0.5, 0.6) is 0 Å². The van der Waals surface area contributed by atoms with Gasteiger partial charge >= 0.3 is 0 Å². The molecule has 0 saturated heterocycles. The lowest BCUT2D eigenvalue weighted by Crippen LogP contribution is -2.20. The van der Waals surface area contributed by atoms with Crippen molar-refractivity contribution in [3.63, 3.8) is 0 Å². The minimum Gasteiger partial charge on any atom is -0.359 e. The van der Waals surface area contributed by atoms with Crippen molar-refractivity contribution < 1.29 is 9.72 Å². The van der Waals surface area contributed by atoms with Crippen molar-refractivity contribution in [3.8, 4) is 0 Å². The summed E-state index contributed by atoms with van der Waals surface area (Å²) in [6, 6.07) is 0. The SMILES string of the molecule is CNC(=O)CC[N+](=O)[O-]. The molecule has 0 atom stereocenters. The second kappa shape index (κ2) is 3.82. The molecule has 0 aromatic rings. The molecule has 0 aliphatic carbocycles. The molecule has 0 fully saturated rings. The molecule has 1 amide bonds. The van der Waals surface area contributed by atoms with Gasteiger partial charge in [0, 0.05) is 12.0 Å². The summed E-state index contributed by atoms with van der Waals surface area (Å²) in [5, 5.41) is 11.9. The Labute approximate surface area is 52.2 Å². The Kier molecular flexibility index (Phi) is 3.34. The summed E-state index contributed by atoms with van der Waals surface area (Å²) in [5.41, 5.74) is 0. The van der Waals surface area contributed by atoms with Gasteiger partial charge in [-0.1, -0.05) is 0 Å². The highest BCUT2D eigenvalue weighted by atomic mass is 16.6. The first-order chi connectivity index (χ1) is 4.16. The van der Waals surface area contributed by atoms with Crippen molar-refractivity contribution in [1.82, 2.24) is 5.32 Å². The van der Waals surface area contributed by atoms with Gasteiger partial charge in [0.2, 0.25) is 12.5 Å². The molecule has 52 valence electrons. The maximum absolute atomic E-state index is 10.3. The molecule has 0 aliphatic heterocycles. The van der Waals surface area contributed by atoms with Crippen LogP contribution in [0, 0.1) is 10.1 Å². The van der Waals surface area contributed by atoms with Crippen LogP contribution in [0.4, 0.5) is 0 Å². The van der Waals surface area contributed by atoms with Gasteiger partial charge in [0.1, 0.15) is 0 Å². The van der Waals surface area contributed by atoms with E-state index in [0.717, 1.165) is 0 Å². The molecule has 0 aromatic carbocycles. The van der Waals surface area contributed by atoms with E-state index in [1.165, 1.54) is 7.05 Å². The molecule has 9 heavy (non-hydrogen) atoms. The summed E-state index contributed by atoms with van der Waals surface area (Å²) in [6.07, 6.45) is -0.0382. The Morgan fingerprint density at radius 1 is 1.78 bits per heavy atom. The molecule has 0 radical (unpaired) electrons. The molecule has 0 aromatic heterocycles. The number of carbonyl (C=O) groups is 1. The largest absolute Gasteiger partial charge is 0.359 e. The summed E-state index contributed by atoms with van der Waals surface area (Å²) >= 11 is 0. The summed E-state index contributed by atoms with van der Waals surface area (Å²) in [7, 11) is 1.45. The first-order valence-corrected chi connectivity index (χ1v) is 2.49. The maximum Gasteiger partial charge on any atom is 0.226 e. The molecular weight excluding hydrogens is 124 g/mol. The standard InChI is InChI=1S/C4H8N2O3/c1-5-4(7)2-3-6(8)9/h2-3H2,1H3,(H,5,7). The zero-order valence-corrected chi connectivity index (χ0v) is 5.09. The highest BCUT2D eigenvalue weighted by Crippen LogP contribution is 1.78. The number of nitro groups is 1. The summed E-state index contributed by atoms with van der Waals surface area (Å²) in [4.78, 5) is 19.4. The molecule has 0 unspecified atom stereocenters. The van der Waals surface area contributed by atoms with Crippen molar-refractivity contribution in [2.24, 2.45) is 0 Å². The zero-order chi connectivity index (χ0) is 7.28. The van der Waals surface area contributed by atoms with E-state index in [9.17, 15) is 14.9 Å². The summed E-state index contributed by atoms with van der Waals surface area (Å²) in [5.74, 6) is -0.299. The molecule has 0 aliphatic rings. The van der Waals surface area contributed by atoms with Crippen molar-refractivity contribution >= 4 is 5.91 Å². The third-order valence-electron chi connectivity index (χ3n) is 0.800. The van der Waals surface area contributed by atoms with E-state index in [0.29, 0.717) is 0 Å². The predicted molar refractivity (Wildman–Crippen MR) is 30.5 cm³/mol. The van der Waals surface area contributed by atoms with Crippen molar-refractivity contribution in [2.45, 2.75) is 6.42 Å². The van der Waals surface area contributed by atoms with Gasteiger partial charge in [0.15, 0.2) is 0 Å². The Morgan fingerprint density at radius 2 is 2.33 bits per heavy atom. The molecule has 0 heterocycles. The van der Waals surface area contributed by atoms with E-state index < -0.39 is 4.92 Å².